The molecule has 1 aliphatic heterocycles. The van der Waals surface area contributed by atoms with Crippen LogP contribution in [0.1, 0.15) is 13.8 Å². The van der Waals surface area contributed by atoms with E-state index in [-0.39, 0.29) is 11.8 Å². The van der Waals surface area contributed by atoms with Gasteiger partial charge in [0.2, 0.25) is 0 Å². The number of ether oxygens (including phenoxy) is 2. The van der Waals surface area contributed by atoms with E-state index in [1.807, 2.05) is 13.8 Å². The summed E-state index contributed by atoms with van der Waals surface area (Å²) >= 11 is 3.22. The summed E-state index contributed by atoms with van der Waals surface area (Å²) in [6.45, 7) is 4.63. The summed E-state index contributed by atoms with van der Waals surface area (Å²) in [5, 5.41) is 14.0. The van der Waals surface area contributed by atoms with Gasteiger partial charge in [0.25, 0.3) is 5.69 Å². The molecule has 0 radical (unpaired) electrons. The van der Waals surface area contributed by atoms with Crippen molar-refractivity contribution in [1.29, 1.82) is 0 Å². The van der Waals surface area contributed by atoms with E-state index in [0.717, 1.165) is 0 Å². The summed E-state index contributed by atoms with van der Waals surface area (Å²) < 4.78 is 11.7. The number of benzene rings is 1. The zero-order valence-electron chi connectivity index (χ0n) is 10.7. The van der Waals surface area contributed by atoms with Crippen LogP contribution < -0.4 is 5.32 Å². The summed E-state index contributed by atoms with van der Waals surface area (Å²) in [5.74, 6) is -0.585. The van der Waals surface area contributed by atoms with Crippen LogP contribution in [0, 0.1) is 10.1 Å². The number of nitro benzene ring substituents is 1. The molecule has 6 nitrogen and oxygen atoms in total. The van der Waals surface area contributed by atoms with E-state index in [4.69, 9.17) is 9.47 Å². The Hall–Kier alpha value is -1.18. The number of nitrogens with zero attached hydrogens (tertiary/aromatic N) is 1. The maximum Gasteiger partial charge on any atom is 0.293 e. The lowest BCUT2D eigenvalue weighted by Crippen LogP contribution is -2.26. The topological polar surface area (TPSA) is 73.6 Å². The number of nitro groups is 1. The number of nitrogens with one attached hydrogen (secondary N) is 1. The molecule has 104 valence electrons. The standard InChI is InChI=1S/C12H15BrN2O4/c1-12(2)18-7-9(19-12)6-14-10-4-3-8(13)5-11(10)15(16)17/h3-5,9,14H,6-7H2,1-2H3. The highest BCUT2D eigenvalue weighted by Gasteiger charge is 2.32. The van der Waals surface area contributed by atoms with E-state index in [2.05, 4.69) is 21.2 Å². The minimum atomic E-state index is -0.585. The van der Waals surface area contributed by atoms with Crippen molar-refractivity contribution in [3.8, 4) is 0 Å². The van der Waals surface area contributed by atoms with Crippen molar-refractivity contribution in [1.82, 2.24) is 0 Å². The fourth-order valence-corrected chi connectivity index (χ4v) is 2.24. The molecule has 0 saturated carbocycles. The minimum absolute atomic E-state index is 0.0348. The number of halogens is 1. The van der Waals surface area contributed by atoms with Crippen LogP contribution in [-0.2, 0) is 9.47 Å². The number of hydrogen-bond donors (Lipinski definition) is 1. The van der Waals surface area contributed by atoms with Gasteiger partial charge in [0, 0.05) is 17.1 Å². The first-order chi connectivity index (χ1) is 8.87. The fourth-order valence-electron chi connectivity index (χ4n) is 1.89. The predicted octanol–water partition coefficient (Wildman–Crippen LogP) is 2.92. The van der Waals surface area contributed by atoms with Crippen LogP contribution in [0.25, 0.3) is 0 Å². The second-order valence-electron chi connectivity index (χ2n) is 4.75. The van der Waals surface area contributed by atoms with E-state index in [1.54, 1.807) is 12.1 Å². The Labute approximate surface area is 119 Å². The van der Waals surface area contributed by atoms with E-state index in [0.29, 0.717) is 23.3 Å². The molecule has 0 bridgehead atoms. The second-order valence-corrected chi connectivity index (χ2v) is 5.67. The third-order valence-electron chi connectivity index (χ3n) is 2.74. The molecular weight excluding hydrogens is 316 g/mol. The van der Waals surface area contributed by atoms with Crippen molar-refractivity contribution >= 4 is 27.3 Å². The van der Waals surface area contributed by atoms with Crippen LogP contribution >= 0.6 is 15.9 Å². The monoisotopic (exact) mass is 330 g/mol. The van der Waals surface area contributed by atoms with Gasteiger partial charge in [-0.3, -0.25) is 10.1 Å². The molecule has 1 aromatic rings. The molecule has 1 unspecified atom stereocenters. The first-order valence-corrected chi connectivity index (χ1v) is 6.66. The summed E-state index contributed by atoms with van der Waals surface area (Å²) in [6, 6.07) is 4.90. The highest BCUT2D eigenvalue weighted by Crippen LogP contribution is 2.29. The second kappa shape index (κ2) is 5.44. The van der Waals surface area contributed by atoms with Gasteiger partial charge in [-0.1, -0.05) is 15.9 Å². The Balaban J connectivity index is 2.02. The normalized spacial score (nSPS) is 21.3. The van der Waals surface area contributed by atoms with Crippen LogP contribution in [0.15, 0.2) is 22.7 Å². The highest BCUT2D eigenvalue weighted by molar-refractivity contribution is 9.10. The van der Waals surface area contributed by atoms with Crippen molar-refractivity contribution in [2.75, 3.05) is 18.5 Å². The van der Waals surface area contributed by atoms with Gasteiger partial charge in [-0.25, -0.2) is 0 Å². The Morgan fingerprint density at radius 3 is 2.89 bits per heavy atom. The Morgan fingerprint density at radius 1 is 1.58 bits per heavy atom. The smallest absolute Gasteiger partial charge is 0.293 e. The van der Waals surface area contributed by atoms with Crippen molar-refractivity contribution in [3.05, 3.63) is 32.8 Å². The van der Waals surface area contributed by atoms with Crippen molar-refractivity contribution in [2.45, 2.75) is 25.7 Å². The number of rotatable bonds is 4. The van der Waals surface area contributed by atoms with Crippen molar-refractivity contribution in [3.63, 3.8) is 0 Å². The van der Waals surface area contributed by atoms with Gasteiger partial charge in [0.15, 0.2) is 5.79 Å². The van der Waals surface area contributed by atoms with Crippen LogP contribution in [-0.4, -0.2) is 30.0 Å². The maximum absolute atomic E-state index is 11.0. The van der Waals surface area contributed by atoms with E-state index < -0.39 is 10.7 Å². The minimum Gasteiger partial charge on any atom is -0.377 e. The average Bonchev–Trinajstić information content (AvgIpc) is 2.67. The Morgan fingerprint density at radius 2 is 2.32 bits per heavy atom. The molecule has 0 amide bonds. The molecule has 19 heavy (non-hydrogen) atoms. The van der Waals surface area contributed by atoms with Gasteiger partial charge in [-0.05, 0) is 26.0 Å². The lowest BCUT2D eigenvalue weighted by molar-refractivity contribution is -0.384. The molecular formula is C12H15BrN2O4. The van der Waals surface area contributed by atoms with Gasteiger partial charge in [-0.2, -0.15) is 0 Å². The lowest BCUT2D eigenvalue weighted by Gasteiger charge is -2.17. The molecule has 1 aliphatic rings. The van der Waals surface area contributed by atoms with Gasteiger partial charge in [0.05, 0.1) is 11.5 Å². The largest absolute Gasteiger partial charge is 0.377 e. The third kappa shape index (κ3) is 3.65. The van der Waals surface area contributed by atoms with Crippen molar-refractivity contribution < 1.29 is 14.4 Å². The summed E-state index contributed by atoms with van der Waals surface area (Å²) in [4.78, 5) is 10.5. The van der Waals surface area contributed by atoms with Gasteiger partial charge in [-0.15, -0.1) is 0 Å². The third-order valence-corrected chi connectivity index (χ3v) is 3.24. The zero-order chi connectivity index (χ0) is 14.0. The SMILES string of the molecule is CC1(C)OCC(CNc2ccc(Br)cc2[N+](=O)[O-])O1. The van der Waals surface area contributed by atoms with Gasteiger partial charge >= 0.3 is 0 Å². The quantitative estimate of drug-likeness (QED) is 0.678. The molecule has 7 heteroatoms. The van der Waals surface area contributed by atoms with Gasteiger partial charge < -0.3 is 14.8 Å². The van der Waals surface area contributed by atoms with Gasteiger partial charge in [0.1, 0.15) is 11.8 Å². The molecule has 1 fully saturated rings. The molecule has 1 saturated heterocycles. The van der Waals surface area contributed by atoms with E-state index >= 15 is 0 Å². The van der Waals surface area contributed by atoms with Crippen LogP contribution in [0.3, 0.4) is 0 Å². The molecule has 1 aromatic carbocycles. The molecule has 0 aromatic heterocycles. The first kappa shape index (κ1) is 14.2. The van der Waals surface area contributed by atoms with Crippen LogP contribution in [0.2, 0.25) is 0 Å². The molecule has 0 aliphatic carbocycles. The average molecular weight is 331 g/mol. The summed E-state index contributed by atoms with van der Waals surface area (Å²) in [7, 11) is 0. The molecule has 1 atom stereocenters. The van der Waals surface area contributed by atoms with E-state index in [9.17, 15) is 10.1 Å². The fraction of sp³-hybridized carbons (Fsp3) is 0.500. The zero-order valence-corrected chi connectivity index (χ0v) is 12.3. The Kier molecular flexibility index (Phi) is 4.07. The summed E-state index contributed by atoms with van der Waals surface area (Å²) in [6.07, 6.45) is -0.113. The van der Waals surface area contributed by atoms with Crippen LogP contribution in [0.5, 0.6) is 0 Å². The van der Waals surface area contributed by atoms with Crippen molar-refractivity contribution in [2.24, 2.45) is 0 Å². The molecule has 2 rings (SSSR count). The molecule has 1 N–H and O–H groups in total. The predicted molar refractivity (Wildman–Crippen MR) is 74.2 cm³/mol. The maximum atomic E-state index is 11.0. The lowest BCUT2D eigenvalue weighted by atomic mass is 10.2. The molecule has 0 spiro atoms. The number of anilines is 1. The molecule has 1 heterocycles. The Bertz CT molecular complexity index is 493. The summed E-state index contributed by atoms with van der Waals surface area (Å²) in [5.41, 5.74) is 0.508. The van der Waals surface area contributed by atoms with E-state index in [1.165, 1.54) is 6.07 Å². The first-order valence-electron chi connectivity index (χ1n) is 5.87. The number of hydrogen-bond acceptors (Lipinski definition) is 5. The highest BCUT2D eigenvalue weighted by atomic mass is 79.9. The van der Waals surface area contributed by atoms with Crippen LogP contribution in [0.4, 0.5) is 11.4 Å².